The maximum absolute atomic E-state index is 10.1. The van der Waals surface area contributed by atoms with E-state index < -0.39 is 5.60 Å². The summed E-state index contributed by atoms with van der Waals surface area (Å²) in [5.74, 6) is 1.39. The number of hydrogen-bond acceptors (Lipinski definition) is 3. The van der Waals surface area contributed by atoms with Gasteiger partial charge in [0.25, 0.3) is 0 Å². The fourth-order valence-electron chi connectivity index (χ4n) is 1.56. The quantitative estimate of drug-likeness (QED) is 0.828. The van der Waals surface area contributed by atoms with E-state index in [1.54, 1.807) is 7.11 Å². The van der Waals surface area contributed by atoms with Crippen molar-refractivity contribution >= 4 is 0 Å². The summed E-state index contributed by atoms with van der Waals surface area (Å²) < 4.78 is 10.9. The number of ether oxygens (including phenoxy) is 2. The third-order valence-corrected chi connectivity index (χ3v) is 3.13. The second kappa shape index (κ2) is 5.92. The van der Waals surface area contributed by atoms with Gasteiger partial charge in [0, 0.05) is 0 Å². The summed E-state index contributed by atoms with van der Waals surface area (Å²) in [5, 5.41) is 10.1. The smallest absolute Gasteiger partial charge is 0.161 e. The zero-order valence-corrected chi connectivity index (χ0v) is 11.1. The summed E-state index contributed by atoms with van der Waals surface area (Å²) in [6, 6.07) is 5.76. The molecule has 0 saturated heterocycles. The molecule has 1 rings (SSSR count). The molecule has 0 atom stereocenters. The Kier molecular flexibility index (Phi) is 4.82. The Balaban J connectivity index is 2.75. The van der Waals surface area contributed by atoms with Gasteiger partial charge in [-0.05, 0) is 37.5 Å². The molecular formula is C14H22O3. The average molecular weight is 238 g/mol. The summed E-state index contributed by atoms with van der Waals surface area (Å²) in [4.78, 5) is 0. The van der Waals surface area contributed by atoms with Gasteiger partial charge in [0.15, 0.2) is 11.5 Å². The number of methoxy groups -OCH3 is 1. The third kappa shape index (κ3) is 3.63. The number of aliphatic hydroxyl groups is 1. The molecule has 96 valence electrons. The van der Waals surface area contributed by atoms with Crippen molar-refractivity contribution in [2.45, 2.75) is 39.2 Å². The van der Waals surface area contributed by atoms with Crippen molar-refractivity contribution in [3.8, 4) is 11.5 Å². The average Bonchev–Trinajstić information content (AvgIpc) is 2.36. The fraction of sp³-hybridized carbons (Fsp3) is 0.571. The second-order valence-corrected chi connectivity index (χ2v) is 4.37. The van der Waals surface area contributed by atoms with Crippen LogP contribution in [0.3, 0.4) is 0 Å². The maximum atomic E-state index is 10.1. The highest BCUT2D eigenvalue weighted by atomic mass is 16.5. The second-order valence-electron chi connectivity index (χ2n) is 4.37. The highest BCUT2D eigenvalue weighted by Crippen LogP contribution is 2.29. The predicted molar refractivity (Wildman–Crippen MR) is 68.8 cm³/mol. The molecule has 0 heterocycles. The highest BCUT2D eigenvalue weighted by Gasteiger charge is 2.23. The number of hydrogen-bond donors (Lipinski definition) is 1. The van der Waals surface area contributed by atoms with Crippen molar-refractivity contribution in [3.63, 3.8) is 0 Å². The Hall–Kier alpha value is -1.22. The molecular weight excluding hydrogens is 216 g/mol. The molecule has 0 aliphatic carbocycles. The minimum atomic E-state index is -0.754. The standard InChI is InChI=1S/C14H22O3/c1-5-14(15,6-2)10-17-12-8-7-11(3)9-13(12)16-4/h7-9,15H,5-6,10H2,1-4H3. The minimum Gasteiger partial charge on any atom is -0.493 e. The molecule has 1 aromatic rings. The lowest BCUT2D eigenvalue weighted by Crippen LogP contribution is -2.34. The van der Waals surface area contributed by atoms with Gasteiger partial charge in [0.05, 0.1) is 12.7 Å². The van der Waals surface area contributed by atoms with Crippen LogP contribution in [0.15, 0.2) is 18.2 Å². The monoisotopic (exact) mass is 238 g/mol. The van der Waals surface area contributed by atoms with Crippen molar-refractivity contribution in [2.24, 2.45) is 0 Å². The van der Waals surface area contributed by atoms with Crippen LogP contribution >= 0.6 is 0 Å². The molecule has 0 amide bonds. The Morgan fingerprint density at radius 2 is 1.82 bits per heavy atom. The summed E-state index contributed by atoms with van der Waals surface area (Å²) in [7, 11) is 1.62. The number of rotatable bonds is 6. The number of aryl methyl sites for hydroxylation is 1. The highest BCUT2D eigenvalue weighted by molar-refractivity contribution is 5.42. The molecule has 1 aromatic carbocycles. The van der Waals surface area contributed by atoms with Crippen LogP contribution in [0.1, 0.15) is 32.3 Å². The molecule has 3 nitrogen and oxygen atoms in total. The summed E-state index contributed by atoms with van der Waals surface area (Å²) in [5.41, 5.74) is 0.367. The summed E-state index contributed by atoms with van der Waals surface area (Å²) in [6.45, 7) is 6.21. The van der Waals surface area contributed by atoms with Gasteiger partial charge in [-0.1, -0.05) is 19.9 Å². The van der Waals surface area contributed by atoms with Gasteiger partial charge in [-0.25, -0.2) is 0 Å². The van der Waals surface area contributed by atoms with Crippen molar-refractivity contribution in [2.75, 3.05) is 13.7 Å². The van der Waals surface area contributed by atoms with Gasteiger partial charge < -0.3 is 14.6 Å². The van der Waals surface area contributed by atoms with E-state index in [-0.39, 0.29) is 0 Å². The van der Waals surface area contributed by atoms with E-state index in [1.807, 2.05) is 39.0 Å². The van der Waals surface area contributed by atoms with Crippen LogP contribution in [0.2, 0.25) is 0 Å². The number of benzene rings is 1. The van der Waals surface area contributed by atoms with E-state index >= 15 is 0 Å². The first kappa shape index (κ1) is 13.8. The fourth-order valence-corrected chi connectivity index (χ4v) is 1.56. The molecule has 0 aromatic heterocycles. The van der Waals surface area contributed by atoms with Crippen LogP contribution in [-0.4, -0.2) is 24.4 Å². The lowest BCUT2D eigenvalue weighted by molar-refractivity contribution is -0.0119. The Morgan fingerprint density at radius 1 is 1.18 bits per heavy atom. The molecule has 0 fully saturated rings. The first-order valence-electron chi connectivity index (χ1n) is 6.04. The molecule has 0 bridgehead atoms. The first-order valence-corrected chi connectivity index (χ1v) is 6.04. The largest absolute Gasteiger partial charge is 0.493 e. The molecule has 0 aliphatic rings. The van der Waals surface area contributed by atoms with E-state index in [0.717, 1.165) is 5.56 Å². The van der Waals surface area contributed by atoms with Gasteiger partial charge in [0.1, 0.15) is 6.61 Å². The third-order valence-electron chi connectivity index (χ3n) is 3.13. The summed E-state index contributed by atoms with van der Waals surface area (Å²) >= 11 is 0. The lowest BCUT2D eigenvalue weighted by atomic mass is 9.99. The van der Waals surface area contributed by atoms with Gasteiger partial charge in [-0.3, -0.25) is 0 Å². The SMILES string of the molecule is CCC(O)(CC)COc1ccc(C)cc1OC. The van der Waals surface area contributed by atoms with Crippen molar-refractivity contribution in [3.05, 3.63) is 23.8 Å². The molecule has 3 heteroatoms. The van der Waals surface area contributed by atoms with Gasteiger partial charge in [-0.15, -0.1) is 0 Å². The molecule has 1 N–H and O–H groups in total. The maximum Gasteiger partial charge on any atom is 0.161 e. The van der Waals surface area contributed by atoms with Crippen molar-refractivity contribution < 1.29 is 14.6 Å². The van der Waals surface area contributed by atoms with Gasteiger partial charge in [0.2, 0.25) is 0 Å². The van der Waals surface area contributed by atoms with Gasteiger partial charge >= 0.3 is 0 Å². The lowest BCUT2D eigenvalue weighted by Gasteiger charge is -2.25. The van der Waals surface area contributed by atoms with E-state index in [9.17, 15) is 5.11 Å². The van der Waals surface area contributed by atoms with Crippen LogP contribution < -0.4 is 9.47 Å². The van der Waals surface area contributed by atoms with Crippen LogP contribution in [0, 0.1) is 6.92 Å². The molecule has 0 spiro atoms. The van der Waals surface area contributed by atoms with E-state index in [1.165, 1.54) is 0 Å². The minimum absolute atomic E-state index is 0.291. The van der Waals surface area contributed by atoms with Gasteiger partial charge in [-0.2, -0.15) is 0 Å². The zero-order chi connectivity index (χ0) is 12.9. The van der Waals surface area contributed by atoms with Crippen molar-refractivity contribution in [1.82, 2.24) is 0 Å². The van der Waals surface area contributed by atoms with E-state index in [0.29, 0.717) is 30.9 Å². The normalized spacial score (nSPS) is 11.4. The van der Waals surface area contributed by atoms with Crippen LogP contribution in [0.25, 0.3) is 0 Å². The van der Waals surface area contributed by atoms with Crippen LogP contribution in [-0.2, 0) is 0 Å². The summed E-state index contributed by atoms with van der Waals surface area (Å²) in [6.07, 6.45) is 1.36. The molecule has 0 saturated carbocycles. The molecule has 0 unspecified atom stereocenters. The Labute approximate surface area is 103 Å². The first-order chi connectivity index (χ1) is 8.04. The van der Waals surface area contributed by atoms with E-state index in [2.05, 4.69) is 0 Å². The van der Waals surface area contributed by atoms with E-state index in [4.69, 9.17) is 9.47 Å². The predicted octanol–water partition coefficient (Wildman–Crippen LogP) is 2.93. The van der Waals surface area contributed by atoms with Crippen LogP contribution in [0.5, 0.6) is 11.5 Å². The Morgan fingerprint density at radius 3 is 2.35 bits per heavy atom. The molecule has 0 aliphatic heterocycles. The molecule has 17 heavy (non-hydrogen) atoms. The Bertz CT molecular complexity index is 356. The zero-order valence-electron chi connectivity index (χ0n) is 11.1. The van der Waals surface area contributed by atoms with Crippen LogP contribution in [0.4, 0.5) is 0 Å². The molecule has 0 radical (unpaired) electrons. The topological polar surface area (TPSA) is 38.7 Å². The van der Waals surface area contributed by atoms with Crippen molar-refractivity contribution in [1.29, 1.82) is 0 Å².